The van der Waals surface area contributed by atoms with E-state index in [1.807, 2.05) is 0 Å². The van der Waals surface area contributed by atoms with Crippen LogP contribution < -0.4 is 0 Å². The Morgan fingerprint density at radius 3 is 2.33 bits per heavy atom. The van der Waals surface area contributed by atoms with E-state index in [0.29, 0.717) is 6.10 Å². The van der Waals surface area contributed by atoms with Crippen molar-refractivity contribution >= 4 is 15.9 Å². The molecule has 1 spiro atoms. The number of hydrogen-bond donors (Lipinski definition) is 0. The van der Waals surface area contributed by atoms with Crippen molar-refractivity contribution < 1.29 is 4.74 Å². The minimum atomic E-state index is 0.287. The predicted molar refractivity (Wildman–Crippen MR) is 92.2 cm³/mol. The average Bonchev–Trinajstić information content (AvgIpc) is 2.91. The zero-order valence-corrected chi connectivity index (χ0v) is 15.1. The van der Waals surface area contributed by atoms with Gasteiger partial charge in [-0.15, -0.1) is 0 Å². The molecule has 1 heterocycles. The number of rotatable bonds is 5. The van der Waals surface area contributed by atoms with Crippen molar-refractivity contribution in [2.75, 3.05) is 18.4 Å². The summed E-state index contributed by atoms with van der Waals surface area (Å²) in [4.78, 5) is 2.74. The van der Waals surface area contributed by atoms with Gasteiger partial charge in [0.1, 0.15) is 0 Å². The lowest BCUT2D eigenvalue weighted by Crippen LogP contribution is -2.43. The summed E-state index contributed by atoms with van der Waals surface area (Å²) in [6.07, 6.45) is 17.1. The summed E-state index contributed by atoms with van der Waals surface area (Å²) in [5.41, 5.74) is 0.287. The van der Waals surface area contributed by atoms with E-state index in [-0.39, 0.29) is 5.60 Å². The molecule has 0 aromatic carbocycles. The summed E-state index contributed by atoms with van der Waals surface area (Å²) in [6, 6.07) is 0.822. The van der Waals surface area contributed by atoms with Crippen LogP contribution in [0.5, 0.6) is 0 Å². The highest BCUT2D eigenvalue weighted by molar-refractivity contribution is 9.09. The second-order valence-corrected chi connectivity index (χ2v) is 8.29. The summed E-state index contributed by atoms with van der Waals surface area (Å²) in [5.74, 6) is 0. The topological polar surface area (TPSA) is 12.5 Å². The van der Waals surface area contributed by atoms with Gasteiger partial charge in [-0.1, -0.05) is 54.5 Å². The second kappa shape index (κ2) is 7.79. The van der Waals surface area contributed by atoms with Gasteiger partial charge in [0.05, 0.1) is 11.7 Å². The summed E-state index contributed by atoms with van der Waals surface area (Å²) in [7, 11) is 0. The summed E-state index contributed by atoms with van der Waals surface area (Å²) >= 11 is 3.65. The first kappa shape index (κ1) is 16.3. The number of ether oxygens (including phenoxy) is 1. The van der Waals surface area contributed by atoms with Crippen LogP contribution in [-0.2, 0) is 4.74 Å². The van der Waals surface area contributed by atoms with E-state index >= 15 is 0 Å². The van der Waals surface area contributed by atoms with Crippen molar-refractivity contribution in [1.82, 2.24) is 4.90 Å². The van der Waals surface area contributed by atoms with Gasteiger partial charge < -0.3 is 4.74 Å². The van der Waals surface area contributed by atoms with Crippen molar-refractivity contribution in [3.63, 3.8) is 0 Å². The van der Waals surface area contributed by atoms with E-state index in [2.05, 4.69) is 20.8 Å². The first-order chi connectivity index (χ1) is 10.3. The van der Waals surface area contributed by atoms with Crippen molar-refractivity contribution in [1.29, 1.82) is 0 Å². The van der Waals surface area contributed by atoms with Gasteiger partial charge in [-0.05, 0) is 38.5 Å². The summed E-state index contributed by atoms with van der Waals surface area (Å²) < 4.78 is 6.60. The Balaban J connectivity index is 1.53. The lowest BCUT2D eigenvalue weighted by Gasteiger charge is -2.37. The molecule has 122 valence electrons. The molecule has 21 heavy (non-hydrogen) atoms. The van der Waals surface area contributed by atoms with Crippen LogP contribution in [0.1, 0.15) is 77.0 Å². The van der Waals surface area contributed by atoms with Crippen LogP contribution in [0, 0.1) is 0 Å². The molecule has 3 rings (SSSR count). The highest BCUT2D eigenvalue weighted by Crippen LogP contribution is 2.42. The minimum Gasteiger partial charge on any atom is -0.370 e. The molecule has 0 aromatic heterocycles. The molecule has 1 unspecified atom stereocenters. The lowest BCUT2D eigenvalue weighted by atomic mass is 9.83. The van der Waals surface area contributed by atoms with Crippen molar-refractivity contribution in [3.05, 3.63) is 0 Å². The van der Waals surface area contributed by atoms with Gasteiger partial charge in [0, 0.05) is 24.5 Å². The maximum Gasteiger partial charge on any atom is 0.0710 e. The highest BCUT2D eigenvalue weighted by atomic mass is 79.9. The Morgan fingerprint density at radius 2 is 1.62 bits per heavy atom. The summed E-state index contributed by atoms with van der Waals surface area (Å²) in [5, 5.41) is 1.10. The van der Waals surface area contributed by atoms with Crippen molar-refractivity contribution in [2.24, 2.45) is 0 Å². The van der Waals surface area contributed by atoms with Crippen LogP contribution in [-0.4, -0.2) is 41.1 Å². The SMILES string of the molecule is BrCCN(CC1CCC2(CCCCC2)O1)C1CCCCC1. The Labute approximate surface area is 139 Å². The van der Waals surface area contributed by atoms with Crippen LogP contribution in [0.25, 0.3) is 0 Å². The van der Waals surface area contributed by atoms with Crippen LogP contribution in [0.2, 0.25) is 0 Å². The molecule has 2 nitrogen and oxygen atoms in total. The maximum absolute atomic E-state index is 6.60. The van der Waals surface area contributed by atoms with Crippen LogP contribution in [0.3, 0.4) is 0 Å². The Kier molecular flexibility index (Phi) is 6.03. The van der Waals surface area contributed by atoms with Crippen LogP contribution >= 0.6 is 15.9 Å². The molecule has 1 saturated heterocycles. The largest absolute Gasteiger partial charge is 0.370 e. The standard InChI is InChI=1S/C18H32BrNO/c19-13-14-20(16-7-3-1-4-8-16)15-17-9-12-18(21-17)10-5-2-6-11-18/h16-17H,1-15H2. The van der Waals surface area contributed by atoms with Crippen LogP contribution in [0.15, 0.2) is 0 Å². The van der Waals surface area contributed by atoms with Gasteiger partial charge in [-0.3, -0.25) is 4.90 Å². The smallest absolute Gasteiger partial charge is 0.0710 e. The Hall–Kier alpha value is 0.400. The van der Waals surface area contributed by atoms with Gasteiger partial charge >= 0.3 is 0 Å². The molecule has 0 radical (unpaired) electrons. The van der Waals surface area contributed by atoms with Gasteiger partial charge in [0.15, 0.2) is 0 Å². The molecule has 0 bridgehead atoms. The zero-order valence-electron chi connectivity index (χ0n) is 13.5. The normalized spacial score (nSPS) is 30.3. The van der Waals surface area contributed by atoms with Gasteiger partial charge in [0.25, 0.3) is 0 Å². The van der Waals surface area contributed by atoms with Crippen LogP contribution in [0.4, 0.5) is 0 Å². The van der Waals surface area contributed by atoms with Crippen molar-refractivity contribution in [2.45, 2.75) is 94.8 Å². The Morgan fingerprint density at radius 1 is 0.905 bits per heavy atom. The zero-order chi connectivity index (χ0) is 14.5. The average molecular weight is 358 g/mol. The molecule has 3 aliphatic rings. The van der Waals surface area contributed by atoms with Gasteiger partial charge in [-0.2, -0.15) is 0 Å². The van der Waals surface area contributed by atoms with Crippen molar-refractivity contribution in [3.8, 4) is 0 Å². The predicted octanol–water partition coefficient (Wildman–Crippen LogP) is 4.90. The fraction of sp³-hybridized carbons (Fsp3) is 1.00. The fourth-order valence-electron chi connectivity index (χ4n) is 4.83. The van der Waals surface area contributed by atoms with E-state index in [4.69, 9.17) is 4.74 Å². The molecule has 0 N–H and O–H groups in total. The number of nitrogens with zero attached hydrogens (tertiary/aromatic N) is 1. The maximum atomic E-state index is 6.60. The number of hydrogen-bond acceptors (Lipinski definition) is 2. The minimum absolute atomic E-state index is 0.287. The molecule has 0 aromatic rings. The quantitative estimate of drug-likeness (QED) is 0.648. The highest BCUT2D eigenvalue weighted by Gasteiger charge is 2.41. The van der Waals surface area contributed by atoms with E-state index in [0.717, 1.165) is 11.4 Å². The number of alkyl halides is 1. The summed E-state index contributed by atoms with van der Waals surface area (Å²) in [6.45, 7) is 2.37. The third-order valence-electron chi connectivity index (χ3n) is 6.00. The second-order valence-electron chi connectivity index (χ2n) is 7.50. The number of halogens is 1. The van der Waals surface area contributed by atoms with Gasteiger partial charge in [-0.25, -0.2) is 0 Å². The first-order valence-electron chi connectivity index (χ1n) is 9.29. The molecule has 3 heteroatoms. The third-order valence-corrected chi connectivity index (χ3v) is 6.36. The molecular formula is C18H32BrNO. The molecule has 1 atom stereocenters. The van der Waals surface area contributed by atoms with E-state index in [1.54, 1.807) is 0 Å². The molecule has 2 aliphatic carbocycles. The third kappa shape index (κ3) is 4.23. The van der Waals surface area contributed by atoms with Gasteiger partial charge in [0.2, 0.25) is 0 Å². The molecule has 0 amide bonds. The molecule has 3 fully saturated rings. The Bertz CT molecular complexity index is 310. The van der Waals surface area contributed by atoms with E-state index < -0.39 is 0 Å². The molecular weight excluding hydrogens is 326 g/mol. The van der Waals surface area contributed by atoms with E-state index in [1.165, 1.54) is 90.1 Å². The molecule has 1 aliphatic heterocycles. The first-order valence-corrected chi connectivity index (χ1v) is 10.4. The lowest BCUT2D eigenvalue weighted by molar-refractivity contribution is -0.0752. The fourth-order valence-corrected chi connectivity index (χ4v) is 5.28. The van der Waals surface area contributed by atoms with E-state index in [9.17, 15) is 0 Å². The monoisotopic (exact) mass is 357 g/mol. The molecule has 2 saturated carbocycles.